The molecule has 0 aromatic heterocycles. The van der Waals surface area contributed by atoms with E-state index < -0.39 is 230 Å². The van der Waals surface area contributed by atoms with Crippen LogP contribution < -0.4 is 64.6 Å². The molecule has 0 aromatic carbocycles. The van der Waals surface area contributed by atoms with Crippen LogP contribution in [0.25, 0.3) is 0 Å². The lowest BCUT2D eigenvalue weighted by molar-refractivity contribution is -0.281. The minimum Gasteiger partial charge on any atom is -0.481 e. The van der Waals surface area contributed by atoms with Crippen LogP contribution in [0.15, 0.2) is 4.99 Å². The summed E-state index contributed by atoms with van der Waals surface area (Å²) >= 11 is 4.05. The molecule has 110 heavy (non-hydrogen) atoms. The Kier molecular flexibility index (Phi) is 39.9. The number of guanidine groups is 1. The van der Waals surface area contributed by atoms with Crippen LogP contribution in [0.3, 0.4) is 0 Å². The number of aliphatic hydroxyl groups excluding tert-OH is 5. The number of hydrogen-bond donors (Lipinski definition) is 20. The molecule has 4 aliphatic rings. The van der Waals surface area contributed by atoms with Crippen molar-refractivity contribution in [2.24, 2.45) is 22.4 Å². The van der Waals surface area contributed by atoms with Crippen LogP contribution >= 0.6 is 12.6 Å². The zero-order valence-electron chi connectivity index (χ0n) is 62.6. The third-order valence-electron chi connectivity index (χ3n) is 18.2. The summed E-state index contributed by atoms with van der Waals surface area (Å²) in [4.78, 5) is 210. The van der Waals surface area contributed by atoms with Crippen LogP contribution in [0, 0.1) is 5.92 Å². The Balaban J connectivity index is 1.49. The Bertz CT molecular complexity index is 3190. The lowest BCUT2D eigenvalue weighted by Crippen LogP contribution is -2.66. The van der Waals surface area contributed by atoms with Crippen LogP contribution in [-0.4, -0.2) is 346 Å². The highest BCUT2D eigenvalue weighted by Crippen LogP contribution is 2.26. The number of aliphatic hydroxyl groups is 5. The SMILES string of the molecule is CC(=O)N[C@H]1[C@@H](O[C@H](C)[C@H](NC(=O)[C@@H](NC(=O)CNC(=O)CCOCCOCCOCCS)C(C)C)C(=O)N[C@@H](CO)C(=O)N[C@@H](C)C(=O)N2CCC[C@H]2C(=O)N[C@@H](CC(=O)O)C(=O)N[C@H](C(=O)N[C@@H](CCCN=C(N)N)C(=O)N2CCC[C@H]2C(=O)N[C@@H](C)C(=O)N2CCC[C@H]2C(=O)O)[C@@H](C)O)O[C@H](CO)[C@H](O)[C@@H]1O. The molecule has 4 aliphatic heterocycles. The number of carboxylic acids is 2. The van der Waals surface area contributed by atoms with E-state index in [9.17, 15) is 108 Å². The van der Waals surface area contributed by atoms with Crippen molar-refractivity contribution >= 4 is 107 Å². The highest BCUT2D eigenvalue weighted by Gasteiger charge is 2.49. The number of carboxylic acid groups (broad SMARTS) is 2. The molecule has 622 valence electrons. The molecular weight excluding hydrogens is 1480 g/mol. The lowest BCUT2D eigenvalue weighted by atomic mass is 9.96. The number of aliphatic carboxylic acids is 2. The fourth-order valence-electron chi connectivity index (χ4n) is 12.4. The molecule has 4 fully saturated rings. The maximum absolute atomic E-state index is 14.5. The topological polar surface area (TPSA) is 638 Å². The van der Waals surface area contributed by atoms with E-state index in [1.807, 2.05) is 0 Å². The Hall–Kier alpha value is -8.73. The molecule has 4 rings (SSSR count). The predicted molar refractivity (Wildman–Crippen MR) is 384 cm³/mol. The summed E-state index contributed by atoms with van der Waals surface area (Å²) in [5.74, 6) is -16.0. The number of nitrogens with one attached hydrogen (secondary N) is 10. The summed E-state index contributed by atoms with van der Waals surface area (Å²) in [6.07, 6.45) is -10.8. The van der Waals surface area contributed by atoms with Crippen molar-refractivity contribution in [2.45, 2.75) is 222 Å². The van der Waals surface area contributed by atoms with Crippen molar-refractivity contribution in [3.63, 3.8) is 0 Å². The number of nitrogens with two attached hydrogens (primary N) is 2. The molecule has 0 aliphatic carbocycles. The van der Waals surface area contributed by atoms with E-state index in [2.05, 4.69) is 70.8 Å². The van der Waals surface area contributed by atoms with Gasteiger partial charge in [-0.1, -0.05) is 13.8 Å². The smallest absolute Gasteiger partial charge is 0.326 e. The van der Waals surface area contributed by atoms with Gasteiger partial charge >= 0.3 is 11.9 Å². The van der Waals surface area contributed by atoms with E-state index in [0.717, 1.165) is 28.5 Å². The monoisotopic (exact) mass is 1590 g/mol. The molecule has 4 heterocycles. The highest BCUT2D eigenvalue weighted by atomic mass is 32.1. The summed E-state index contributed by atoms with van der Waals surface area (Å²) in [6, 6.07) is -19.0. The van der Waals surface area contributed by atoms with Gasteiger partial charge in [-0.3, -0.25) is 72.1 Å². The highest BCUT2D eigenvalue weighted by molar-refractivity contribution is 7.80. The summed E-state index contributed by atoms with van der Waals surface area (Å²) < 4.78 is 27.7. The van der Waals surface area contributed by atoms with Gasteiger partial charge in [-0.05, 0) is 85.0 Å². The number of carbonyl (C=O) groups excluding carboxylic acids is 13. The van der Waals surface area contributed by atoms with Crippen molar-refractivity contribution < 1.29 is 131 Å². The normalized spacial score (nSPS) is 22.4. The van der Waals surface area contributed by atoms with Crippen LogP contribution in [0.4, 0.5) is 0 Å². The zero-order chi connectivity index (χ0) is 82.2. The summed E-state index contributed by atoms with van der Waals surface area (Å²) in [6.45, 7) is 7.62. The van der Waals surface area contributed by atoms with Gasteiger partial charge in [-0.2, -0.15) is 12.6 Å². The van der Waals surface area contributed by atoms with E-state index in [-0.39, 0.29) is 96.9 Å². The first-order valence-corrected chi connectivity index (χ1v) is 36.9. The predicted octanol–water partition coefficient (Wildman–Crippen LogP) is -9.65. The number of likely N-dealkylation sites (tertiary alicyclic amines) is 3. The van der Waals surface area contributed by atoms with Gasteiger partial charge in [0.05, 0.1) is 78.0 Å². The van der Waals surface area contributed by atoms with E-state index in [1.165, 1.54) is 34.6 Å². The number of carbonyl (C=O) groups is 15. The lowest BCUT2D eigenvalue weighted by Gasteiger charge is -2.43. The van der Waals surface area contributed by atoms with Gasteiger partial charge in [0, 0.05) is 45.3 Å². The molecule has 0 saturated carbocycles. The molecule has 43 nitrogen and oxygen atoms in total. The number of ether oxygens (including phenoxy) is 5. The van der Waals surface area contributed by atoms with Crippen molar-refractivity contribution in [1.29, 1.82) is 0 Å². The quantitative estimate of drug-likeness (QED) is 0.0116. The number of hydrogen-bond acceptors (Lipinski definition) is 27. The maximum Gasteiger partial charge on any atom is 0.326 e. The molecule has 0 spiro atoms. The molecular formula is C66H110N16O27S. The van der Waals surface area contributed by atoms with Crippen molar-refractivity contribution in [1.82, 2.24) is 67.9 Å². The van der Waals surface area contributed by atoms with Crippen molar-refractivity contribution in [3.05, 3.63) is 0 Å². The Morgan fingerprint density at radius 2 is 1.09 bits per heavy atom. The first kappa shape index (κ1) is 93.6. The van der Waals surface area contributed by atoms with Crippen LogP contribution in [0.2, 0.25) is 0 Å². The van der Waals surface area contributed by atoms with E-state index >= 15 is 0 Å². The summed E-state index contributed by atoms with van der Waals surface area (Å²) in [5.41, 5.74) is 11.0. The Morgan fingerprint density at radius 1 is 0.582 bits per heavy atom. The standard InChI is InChI=1S/C66H110N16O27S/c1-32(2)48(77-46(88)29-70-45(87)16-21-105-22-23-106-24-25-107-26-27-110)58(97)79-50(36(6)108-65-51(73-37(7)86)53(92)52(91)44(31-84)109-65)60(99)76-40(30-83)55(94)71-33(3)61(100)80-18-9-14-42(80)57(96)75-39(28-47(89)90)54(93)78-49(35(5)85)59(98)74-38(12-8-17-69-66(67)68)63(102)81-19-10-13-41(81)56(95)72-34(4)62(101)82-20-11-15-43(82)64(103)104/h32-36,38-44,48-53,65,83-85,91-92,110H,8-31H2,1-7H3,(H,70,87)(H,71,94)(H,72,95)(H,73,86)(H,74,98)(H,75,96)(H,76,99)(H,77,88)(H,78,93)(H,79,97)(H,89,90)(H,103,104)(H4,67,68,69)/t33-,34-,35+,36+,38-,39-,40-,41-,42-,43-,44+,48-,49-,50-,51+,52-,53+,65-/m0/s1. The van der Waals surface area contributed by atoms with Gasteiger partial charge in [-0.15, -0.1) is 0 Å². The largest absolute Gasteiger partial charge is 0.481 e. The van der Waals surface area contributed by atoms with Crippen molar-refractivity contribution in [3.8, 4) is 0 Å². The van der Waals surface area contributed by atoms with Gasteiger partial charge in [0.2, 0.25) is 76.8 Å². The number of nitrogens with zero attached hydrogens (tertiary/aromatic N) is 4. The molecule has 21 N–H and O–H groups in total. The molecule has 0 aromatic rings. The molecule has 0 unspecified atom stereocenters. The van der Waals surface area contributed by atoms with Gasteiger partial charge in [0.15, 0.2) is 12.2 Å². The second kappa shape index (κ2) is 46.8. The molecule has 13 amide bonds. The van der Waals surface area contributed by atoms with E-state index in [1.54, 1.807) is 0 Å². The molecule has 44 heteroatoms. The third kappa shape index (κ3) is 29.2. The third-order valence-corrected chi connectivity index (χ3v) is 18.4. The zero-order valence-corrected chi connectivity index (χ0v) is 63.5. The molecule has 18 atom stereocenters. The molecule has 4 saturated heterocycles. The van der Waals surface area contributed by atoms with Gasteiger partial charge in [-0.25, -0.2) is 4.79 Å². The first-order chi connectivity index (χ1) is 52.0. The minimum atomic E-state index is -2.02. The minimum absolute atomic E-state index is 0.00714. The van der Waals surface area contributed by atoms with Gasteiger partial charge in [0.25, 0.3) is 0 Å². The second-order valence-corrected chi connectivity index (χ2v) is 27.6. The van der Waals surface area contributed by atoms with Crippen molar-refractivity contribution in [2.75, 3.05) is 91.3 Å². The average molecular weight is 1590 g/mol. The average Bonchev–Trinajstić information content (AvgIpc) is 1.01. The number of aliphatic imine (C=N–C) groups is 1. The Labute approximate surface area is 639 Å². The maximum atomic E-state index is 14.5. The van der Waals surface area contributed by atoms with Gasteiger partial charge in [0.1, 0.15) is 90.8 Å². The van der Waals surface area contributed by atoms with E-state index in [4.69, 9.17) is 35.2 Å². The summed E-state index contributed by atoms with van der Waals surface area (Å²) in [7, 11) is 0. The summed E-state index contributed by atoms with van der Waals surface area (Å²) in [5, 5.41) is 96.6. The van der Waals surface area contributed by atoms with E-state index in [0.29, 0.717) is 38.4 Å². The first-order valence-electron chi connectivity index (χ1n) is 36.3. The molecule has 0 radical (unpaired) electrons. The number of thiol groups is 1. The second-order valence-electron chi connectivity index (χ2n) is 27.1. The van der Waals surface area contributed by atoms with Crippen LogP contribution in [-0.2, 0) is 95.6 Å². The fourth-order valence-corrected chi connectivity index (χ4v) is 12.6. The van der Waals surface area contributed by atoms with Crippen LogP contribution in [0.5, 0.6) is 0 Å². The number of amides is 13. The fraction of sp³-hybridized carbons (Fsp3) is 0.758. The number of rotatable bonds is 46. The van der Waals surface area contributed by atoms with Crippen LogP contribution in [0.1, 0.15) is 113 Å². The molecule has 0 bridgehead atoms. The van der Waals surface area contributed by atoms with Gasteiger partial charge < -0.3 is 139 Å². The Morgan fingerprint density at radius 3 is 1.63 bits per heavy atom.